The Morgan fingerprint density at radius 3 is 1.92 bits per heavy atom. The first-order valence-electron chi connectivity index (χ1n) is 12.6. The second-order valence-corrected chi connectivity index (χ2v) is 9.18. The molecule has 192 valence electrons. The van der Waals surface area contributed by atoms with Gasteiger partial charge in [-0.25, -0.2) is 0 Å². The molecule has 0 amide bonds. The maximum absolute atomic E-state index is 12.4. The van der Waals surface area contributed by atoms with Gasteiger partial charge < -0.3 is 4.74 Å². The number of nitro groups is 1. The molecule has 0 aliphatic carbocycles. The Morgan fingerprint density at radius 1 is 0.718 bits per heavy atom. The molecule has 1 heterocycles. The summed E-state index contributed by atoms with van der Waals surface area (Å²) in [5, 5.41) is 11.6. The molecule has 5 aromatic rings. The third-order valence-electron chi connectivity index (χ3n) is 6.59. The second kappa shape index (κ2) is 11.5. The van der Waals surface area contributed by atoms with E-state index < -0.39 is 23.0 Å². The zero-order valence-electron chi connectivity index (χ0n) is 21.4. The average Bonchev–Trinajstić information content (AvgIpc) is 2.98. The summed E-state index contributed by atoms with van der Waals surface area (Å²) in [5.41, 5.74) is 5.37. The molecule has 4 aromatic carbocycles. The lowest BCUT2D eigenvalue weighted by Crippen LogP contribution is -2.46. The molecule has 0 unspecified atom stereocenters. The van der Waals surface area contributed by atoms with Crippen LogP contribution in [0.25, 0.3) is 22.4 Å². The fourth-order valence-corrected chi connectivity index (χ4v) is 4.85. The highest BCUT2D eigenvalue weighted by molar-refractivity contribution is 5.69. The Hall–Kier alpha value is -5.10. The number of nitrogens with zero attached hydrogens (tertiary/aromatic N) is 2. The molecule has 0 aliphatic rings. The zero-order chi connectivity index (χ0) is 27.2. The van der Waals surface area contributed by atoms with E-state index >= 15 is 0 Å². The Balaban J connectivity index is 1.77. The number of carbonyl (C=O) groups is 1. The maximum atomic E-state index is 12.4. The van der Waals surface area contributed by atoms with Gasteiger partial charge in [0.15, 0.2) is 12.3 Å². The number of ether oxygens (including phenoxy) is 1. The summed E-state index contributed by atoms with van der Waals surface area (Å²) in [4.78, 5) is 23.6. The van der Waals surface area contributed by atoms with Crippen molar-refractivity contribution in [2.75, 3.05) is 0 Å². The predicted octanol–water partition coefficient (Wildman–Crippen LogP) is 7.11. The van der Waals surface area contributed by atoms with Crippen molar-refractivity contribution < 1.29 is 19.0 Å². The van der Waals surface area contributed by atoms with Gasteiger partial charge in [-0.15, -0.1) is 0 Å². The molecule has 0 radical (unpaired) electrons. The minimum Gasteiger partial charge on any atom is -0.450 e. The minimum absolute atomic E-state index is 0.0656. The van der Waals surface area contributed by atoms with Crippen LogP contribution in [-0.2, 0) is 9.53 Å². The lowest BCUT2D eigenvalue weighted by Gasteiger charge is -2.25. The second-order valence-electron chi connectivity index (χ2n) is 9.18. The number of pyridine rings is 1. The molecule has 0 saturated carbocycles. The quantitative estimate of drug-likeness (QED) is 0.0955. The van der Waals surface area contributed by atoms with E-state index in [1.165, 1.54) is 19.1 Å². The highest BCUT2D eigenvalue weighted by Gasteiger charge is 2.38. The first-order valence-corrected chi connectivity index (χ1v) is 12.6. The van der Waals surface area contributed by atoms with Crippen LogP contribution in [0, 0.1) is 10.1 Å². The Labute approximate surface area is 226 Å². The minimum atomic E-state index is -0.833. The van der Waals surface area contributed by atoms with Crippen molar-refractivity contribution in [2.24, 2.45) is 0 Å². The van der Waals surface area contributed by atoms with E-state index in [2.05, 4.69) is 22.8 Å². The molecule has 0 saturated heterocycles. The number of aromatic nitrogens is 1. The lowest BCUT2D eigenvalue weighted by atomic mass is 9.93. The van der Waals surface area contributed by atoms with Gasteiger partial charge in [-0.3, -0.25) is 14.9 Å². The summed E-state index contributed by atoms with van der Waals surface area (Å²) in [6.45, 7) is 1.35. The molecule has 0 aliphatic heterocycles. The van der Waals surface area contributed by atoms with Crippen molar-refractivity contribution in [1.29, 1.82) is 0 Å². The van der Waals surface area contributed by atoms with E-state index in [0.29, 0.717) is 5.56 Å². The third kappa shape index (κ3) is 5.75. The topological polar surface area (TPSA) is 73.3 Å². The fourth-order valence-electron chi connectivity index (χ4n) is 4.85. The van der Waals surface area contributed by atoms with Crippen molar-refractivity contribution in [3.05, 3.63) is 155 Å². The molecule has 0 fully saturated rings. The van der Waals surface area contributed by atoms with Gasteiger partial charge in [0.25, 0.3) is 5.69 Å². The van der Waals surface area contributed by atoms with Crippen LogP contribution < -0.4 is 4.57 Å². The molecule has 6 heteroatoms. The van der Waals surface area contributed by atoms with Gasteiger partial charge in [0.1, 0.15) is 0 Å². The Morgan fingerprint density at radius 2 is 1.31 bits per heavy atom. The van der Waals surface area contributed by atoms with Crippen LogP contribution in [-0.4, -0.2) is 10.9 Å². The van der Waals surface area contributed by atoms with E-state index in [1.54, 1.807) is 12.1 Å². The monoisotopic (exact) mass is 515 g/mol. The number of rotatable bonds is 8. The van der Waals surface area contributed by atoms with E-state index in [9.17, 15) is 14.9 Å². The van der Waals surface area contributed by atoms with E-state index in [0.717, 1.165) is 27.9 Å². The van der Waals surface area contributed by atoms with Crippen molar-refractivity contribution in [1.82, 2.24) is 0 Å². The number of non-ortho nitro benzene ring substituents is 1. The Bertz CT molecular complexity index is 1590. The summed E-state index contributed by atoms with van der Waals surface area (Å²) in [6.07, 6.45) is 1.16. The molecular formula is C33H27N2O4+. The first-order chi connectivity index (χ1) is 19.0. The fraction of sp³-hybridized carbons (Fsp3) is 0.0909. The van der Waals surface area contributed by atoms with Crippen molar-refractivity contribution in [2.45, 2.75) is 19.1 Å². The van der Waals surface area contributed by atoms with Crippen molar-refractivity contribution in [3.8, 4) is 22.4 Å². The van der Waals surface area contributed by atoms with E-state index in [-0.39, 0.29) is 5.69 Å². The van der Waals surface area contributed by atoms with Gasteiger partial charge >= 0.3 is 5.97 Å². The maximum Gasteiger partial charge on any atom is 0.303 e. The number of nitro benzene ring substituents is 1. The van der Waals surface area contributed by atoms with Crippen LogP contribution in [0.1, 0.15) is 30.2 Å². The number of benzene rings is 4. The number of carbonyl (C=O) groups excluding carboxylic acids is 1. The normalized spacial score (nSPS) is 12.3. The van der Waals surface area contributed by atoms with Crippen molar-refractivity contribution >= 4 is 11.7 Å². The Kier molecular flexibility index (Phi) is 7.55. The van der Waals surface area contributed by atoms with Gasteiger partial charge in [0.05, 0.1) is 4.92 Å². The largest absolute Gasteiger partial charge is 0.450 e. The van der Waals surface area contributed by atoms with E-state index in [1.807, 2.05) is 91.1 Å². The van der Waals surface area contributed by atoms with Gasteiger partial charge in [-0.1, -0.05) is 91.0 Å². The standard InChI is InChI=1S/C33H27N2O4/c1-24(36)39-33(29-18-11-19-30(22-29)35(37)38)32(27-16-9-4-10-17-27)34-21-20-28(25-12-5-2-6-13-25)23-31(34)26-14-7-3-8-15-26/h2-23,32-33H,1H3/q+1/t32-,33+/m0/s1. The van der Waals surface area contributed by atoms with Crippen LogP contribution >= 0.6 is 0 Å². The highest BCUT2D eigenvalue weighted by atomic mass is 16.6. The van der Waals surface area contributed by atoms with Gasteiger partial charge in [-0.05, 0) is 23.3 Å². The third-order valence-corrected chi connectivity index (χ3v) is 6.59. The van der Waals surface area contributed by atoms with Crippen LogP contribution in [0.4, 0.5) is 5.69 Å². The zero-order valence-corrected chi connectivity index (χ0v) is 21.4. The van der Waals surface area contributed by atoms with Gasteiger partial charge in [0.2, 0.25) is 11.7 Å². The van der Waals surface area contributed by atoms with E-state index in [4.69, 9.17) is 4.74 Å². The highest BCUT2D eigenvalue weighted by Crippen LogP contribution is 2.36. The average molecular weight is 516 g/mol. The molecule has 0 N–H and O–H groups in total. The smallest absolute Gasteiger partial charge is 0.303 e. The lowest BCUT2D eigenvalue weighted by molar-refractivity contribution is -0.711. The van der Waals surface area contributed by atoms with Gasteiger partial charge in [-0.2, -0.15) is 4.57 Å². The number of esters is 1. The number of hydrogen-bond donors (Lipinski definition) is 0. The summed E-state index contributed by atoms with van der Waals surface area (Å²) in [6, 6.07) is 39.8. The van der Waals surface area contributed by atoms with Crippen LogP contribution in [0.15, 0.2) is 134 Å². The van der Waals surface area contributed by atoms with Crippen molar-refractivity contribution in [3.63, 3.8) is 0 Å². The first kappa shape index (κ1) is 25.5. The molecule has 5 rings (SSSR count). The molecule has 1 aromatic heterocycles. The summed E-state index contributed by atoms with van der Waals surface area (Å²) >= 11 is 0. The molecular weight excluding hydrogens is 488 g/mol. The summed E-state index contributed by atoms with van der Waals surface area (Å²) in [5.74, 6) is -0.477. The van der Waals surface area contributed by atoms with Crippen LogP contribution in [0.5, 0.6) is 0 Å². The van der Waals surface area contributed by atoms with Gasteiger partial charge in [0, 0.05) is 47.9 Å². The number of hydrogen-bond acceptors (Lipinski definition) is 4. The molecule has 2 atom stereocenters. The summed E-state index contributed by atoms with van der Waals surface area (Å²) in [7, 11) is 0. The molecule has 0 spiro atoms. The van der Waals surface area contributed by atoms with Crippen LogP contribution in [0.2, 0.25) is 0 Å². The summed E-state index contributed by atoms with van der Waals surface area (Å²) < 4.78 is 8.05. The molecule has 0 bridgehead atoms. The van der Waals surface area contributed by atoms with Crippen LogP contribution in [0.3, 0.4) is 0 Å². The predicted molar refractivity (Wildman–Crippen MR) is 150 cm³/mol. The molecule has 39 heavy (non-hydrogen) atoms. The molecule has 6 nitrogen and oxygen atoms in total. The SMILES string of the molecule is CC(=O)O[C@H](c1cccc([N+](=O)[O-])c1)[C@H](c1ccccc1)[n+]1ccc(-c2ccccc2)cc1-c1ccccc1.